The van der Waals surface area contributed by atoms with E-state index in [4.69, 9.17) is 14.2 Å². The summed E-state index contributed by atoms with van der Waals surface area (Å²) >= 11 is 0. The van der Waals surface area contributed by atoms with Crippen LogP contribution in [0.3, 0.4) is 0 Å². The molecule has 0 fully saturated rings. The Hall–Kier alpha value is -1.59. The Balaban J connectivity index is 4.24. The highest BCUT2D eigenvalue weighted by Crippen LogP contribution is 2.18. The third-order valence-electron chi connectivity index (χ3n) is 12.2. The maximum Gasteiger partial charge on any atom is 0.306 e. The number of hydrogen-bond donors (Lipinski definition) is 0. The molecule has 6 heteroatoms. The van der Waals surface area contributed by atoms with Gasteiger partial charge in [-0.2, -0.15) is 0 Å². The van der Waals surface area contributed by atoms with Gasteiger partial charge < -0.3 is 14.2 Å². The first-order valence-corrected chi connectivity index (χ1v) is 26.7. The molecule has 0 radical (unpaired) electrons. The Labute approximate surface area is 374 Å². The average Bonchev–Trinajstić information content (AvgIpc) is 3.22. The molecule has 0 heterocycles. The van der Waals surface area contributed by atoms with E-state index in [9.17, 15) is 14.4 Å². The van der Waals surface area contributed by atoms with Gasteiger partial charge >= 0.3 is 17.9 Å². The van der Waals surface area contributed by atoms with Gasteiger partial charge in [0.25, 0.3) is 0 Å². The molecule has 0 aliphatic rings. The fraction of sp³-hybridized carbons (Fsp3) is 0.944. The van der Waals surface area contributed by atoms with Crippen molar-refractivity contribution in [2.75, 3.05) is 13.2 Å². The topological polar surface area (TPSA) is 78.9 Å². The van der Waals surface area contributed by atoms with Crippen LogP contribution in [0, 0.1) is 11.8 Å². The van der Waals surface area contributed by atoms with Gasteiger partial charge in [-0.1, -0.05) is 259 Å². The van der Waals surface area contributed by atoms with Crippen LogP contribution >= 0.6 is 0 Å². The van der Waals surface area contributed by atoms with Gasteiger partial charge in [0.2, 0.25) is 0 Å². The number of rotatable bonds is 48. The summed E-state index contributed by atoms with van der Waals surface area (Å²) in [5.74, 6) is 0.738. The van der Waals surface area contributed by atoms with Crippen molar-refractivity contribution in [2.45, 2.75) is 304 Å². The van der Waals surface area contributed by atoms with E-state index in [2.05, 4.69) is 34.6 Å². The third kappa shape index (κ3) is 47.5. The van der Waals surface area contributed by atoms with Crippen LogP contribution in [-0.2, 0) is 28.6 Å². The molecule has 0 saturated heterocycles. The van der Waals surface area contributed by atoms with E-state index in [0.29, 0.717) is 19.3 Å². The lowest BCUT2D eigenvalue weighted by molar-refractivity contribution is -0.167. The predicted octanol–water partition coefficient (Wildman–Crippen LogP) is 17.3. The molecule has 60 heavy (non-hydrogen) atoms. The molecule has 0 rings (SSSR count). The molecule has 356 valence electrons. The first-order chi connectivity index (χ1) is 29.2. The lowest BCUT2D eigenvalue weighted by Crippen LogP contribution is -2.30. The zero-order valence-electron chi connectivity index (χ0n) is 41.1. The molecule has 6 nitrogen and oxygen atoms in total. The number of carbonyl (C=O) groups is 3. The van der Waals surface area contributed by atoms with E-state index in [1.165, 1.54) is 186 Å². The van der Waals surface area contributed by atoms with E-state index in [-0.39, 0.29) is 31.1 Å². The molecule has 0 spiro atoms. The molecule has 0 aromatic heterocycles. The molecular weight excluding hydrogens is 745 g/mol. The van der Waals surface area contributed by atoms with Crippen LogP contribution in [0.5, 0.6) is 0 Å². The highest BCUT2D eigenvalue weighted by Gasteiger charge is 2.19. The van der Waals surface area contributed by atoms with Crippen LogP contribution in [-0.4, -0.2) is 37.2 Å². The zero-order chi connectivity index (χ0) is 44.0. The first-order valence-electron chi connectivity index (χ1n) is 26.7. The summed E-state index contributed by atoms with van der Waals surface area (Å²) in [4.78, 5) is 37.9. The van der Waals surface area contributed by atoms with E-state index < -0.39 is 6.10 Å². The number of unbranched alkanes of at least 4 members (excludes halogenated alkanes) is 33. The number of carbonyl (C=O) groups excluding carboxylic acids is 3. The second-order valence-corrected chi connectivity index (χ2v) is 19.5. The highest BCUT2D eigenvalue weighted by molar-refractivity contribution is 5.71. The minimum absolute atomic E-state index is 0.0646. The number of ether oxygens (including phenoxy) is 3. The molecule has 0 bridgehead atoms. The summed E-state index contributed by atoms with van der Waals surface area (Å²) in [7, 11) is 0. The maximum atomic E-state index is 12.8. The van der Waals surface area contributed by atoms with Crippen molar-refractivity contribution >= 4 is 17.9 Å². The van der Waals surface area contributed by atoms with Gasteiger partial charge in [-0.05, 0) is 31.1 Å². The molecule has 0 N–H and O–H groups in total. The number of esters is 3. The van der Waals surface area contributed by atoms with Gasteiger partial charge in [-0.15, -0.1) is 0 Å². The van der Waals surface area contributed by atoms with Crippen molar-refractivity contribution in [2.24, 2.45) is 11.8 Å². The van der Waals surface area contributed by atoms with Crippen molar-refractivity contribution in [1.29, 1.82) is 0 Å². The molecule has 0 aromatic carbocycles. The Morgan fingerprint density at radius 1 is 0.317 bits per heavy atom. The van der Waals surface area contributed by atoms with Gasteiger partial charge in [0.05, 0.1) is 0 Å². The van der Waals surface area contributed by atoms with Gasteiger partial charge in [-0.25, -0.2) is 0 Å². The van der Waals surface area contributed by atoms with Crippen LogP contribution in [0.25, 0.3) is 0 Å². The second-order valence-electron chi connectivity index (χ2n) is 19.5. The Bertz CT molecular complexity index is 916. The van der Waals surface area contributed by atoms with Crippen LogP contribution in [0.1, 0.15) is 298 Å². The second kappa shape index (κ2) is 46.9. The number of hydrogen-bond acceptors (Lipinski definition) is 6. The Kier molecular flexibility index (Phi) is 45.7. The molecule has 0 amide bonds. The minimum Gasteiger partial charge on any atom is -0.462 e. The first kappa shape index (κ1) is 58.4. The normalized spacial score (nSPS) is 12.1. The smallest absolute Gasteiger partial charge is 0.306 e. The Morgan fingerprint density at radius 3 is 0.817 bits per heavy atom. The standard InChI is InChI=1S/C54H104O6/c1-6-7-8-9-10-11-12-13-14-15-16-17-18-19-22-26-29-36-41-46-54(57)60-51(48-59-53(56)45-40-35-31-30-33-38-43-50(4)5)47-58-52(55)44-39-34-28-25-23-20-21-24-27-32-37-42-49(2)3/h49-51H,6-48H2,1-5H3/t51-/m0/s1. The molecule has 0 aliphatic carbocycles. The van der Waals surface area contributed by atoms with Crippen molar-refractivity contribution < 1.29 is 28.6 Å². The maximum absolute atomic E-state index is 12.8. The van der Waals surface area contributed by atoms with E-state index in [1.807, 2.05) is 0 Å². The summed E-state index contributed by atoms with van der Waals surface area (Å²) in [6, 6.07) is 0. The Morgan fingerprint density at radius 2 is 0.550 bits per heavy atom. The quantitative estimate of drug-likeness (QED) is 0.0345. The molecule has 0 unspecified atom stereocenters. The fourth-order valence-electron chi connectivity index (χ4n) is 8.17. The SMILES string of the molecule is CCCCCCCCCCCCCCCCCCCCCC(=O)O[C@@H](COC(=O)CCCCCCCCCCCCCC(C)C)COC(=O)CCCCCCCCC(C)C. The monoisotopic (exact) mass is 849 g/mol. The molecular formula is C54H104O6. The van der Waals surface area contributed by atoms with Gasteiger partial charge in [0.1, 0.15) is 13.2 Å². The van der Waals surface area contributed by atoms with E-state index in [1.54, 1.807) is 0 Å². The fourth-order valence-corrected chi connectivity index (χ4v) is 8.17. The summed E-state index contributed by atoms with van der Waals surface area (Å²) in [6.45, 7) is 11.3. The van der Waals surface area contributed by atoms with Crippen molar-refractivity contribution in [3.63, 3.8) is 0 Å². The summed E-state index contributed by atoms with van der Waals surface area (Å²) < 4.78 is 16.8. The van der Waals surface area contributed by atoms with Crippen LogP contribution < -0.4 is 0 Å². The lowest BCUT2D eigenvalue weighted by Gasteiger charge is -2.18. The van der Waals surface area contributed by atoms with Crippen molar-refractivity contribution in [1.82, 2.24) is 0 Å². The van der Waals surface area contributed by atoms with Gasteiger partial charge in [0.15, 0.2) is 6.10 Å². The average molecular weight is 849 g/mol. The van der Waals surface area contributed by atoms with Crippen molar-refractivity contribution in [3.05, 3.63) is 0 Å². The lowest BCUT2D eigenvalue weighted by atomic mass is 10.0. The van der Waals surface area contributed by atoms with Gasteiger partial charge in [0, 0.05) is 19.3 Å². The van der Waals surface area contributed by atoms with E-state index in [0.717, 1.165) is 69.6 Å². The van der Waals surface area contributed by atoms with Gasteiger partial charge in [-0.3, -0.25) is 14.4 Å². The molecule has 0 aromatic rings. The highest BCUT2D eigenvalue weighted by atomic mass is 16.6. The summed E-state index contributed by atoms with van der Waals surface area (Å²) in [6.07, 6.45) is 48.2. The van der Waals surface area contributed by atoms with Crippen LogP contribution in [0.15, 0.2) is 0 Å². The molecule has 1 atom stereocenters. The van der Waals surface area contributed by atoms with Crippen LogP contribution in [0.2, 0.25) is 0 Å². The predicted molar refractivity (Wildman–Crippen MR) is 256 cm³/mol. The summed E-state index contributed by atoms with van der Waals surface area (Å²) in [5, 5.41) is 0. The van der Waals surface area contributed by atoms with Crippen LogP contribution in [0.4, 0.5) is 0 Å². The van der Waals surface area contributed by atoms with Crippen molar-refractivity contribution in [3.8, 4) is 0 Å². The minimum atomic E-state index is -0.762. The molecule has 0 aliphatic heterocycles. The largest absolute Gasteiger partial charge is 0.462 e. The third-order valence-corrected chi connectivity index (χ3v) is 12.2. The summed E-state index contributed by atoms with van der Waals surface area (Å²) in [5.41, 5.74) is 0. The zero-order valence-corrected chi connectivity index (χ0v) is 41.1. The molecule has 0 saturated carbocycles. The van der Waals surface area contributed by atoms with E-state index >= 15 is 0 Å².